The first-order chi connectivity index (χ1) is 9.42. The van der Waals surface area contributed by atoms with Crippen molar-refractivity contribution in [3.8, 4) is 0 Å². The Morgan fingerprint density at radius 2 is 2.11 bits per heavy atom. The maximum Gasteiger partial charge on any atom is 0.0705 e. The summed E-state index contributed by atoms with van der Waals surface area (Å²) in [5, 5.41) is 5.57. The Hall–Kier alpha value is -1.06. The normalized spacial score (nSPS) is 19.7. The van der Waals surface area contributed by atoms with Crippen molar-refractivity contribution in [2.75, 3.05) is 12.3 Å². The Balaban J connectivity index is 1.56. The highest BCUT2D eigenvalue weighted by atomic mass is 32.2. The molecule has 2 nitrogen and oxygen atoms in total. The van der Waals surface area contributed by atoms with Crippen LogP contribution in [-0.4, -0.2) is 22.5 Å². The number of hydrogen-bond acceptors (Lipinski definition) is 3. The van der Waals surface area contributed by atoms with Gasteiger partial charge in [-0.1, -0.05) is 30.7 Å². The van der Waals surface area contributed by atoms with Crippen LogP contribution in [0.5, 0.6) is 0 Å². The maximum atomic E-state index is 4.69. The van der Waals surface area contributed by atoms with Crippen molar-refractivity contribution >= 4 is 22.7 Å². The van der Waals surface area contributed by atoms with Crippen LogP contribution in [0.3, 0.4) is 0 Å². The van der Waals surface area contributed by atoms with Gasteiger partial charge in [0, 0.05) is 23.7 Å². The zero-order valence-electron chi connectivity index (χ0n) is 11.1. The number of nitrogens with one attached hydrogen (secondary N) is 1. The Morgan fingerprint density at radius 1 is 1.16 bits per heavy atom. The van der Waals surface area contributed by atoms with E-state index in [-0.39, 0.29) is 0 Å². The van der Waals surface area contributed by atoms with Gasteiger partial charge >= 0.3 is 0 Å². The SMILES string of the molecule is c1ccc2nc(CNCC3CCCCS3)ccc2c1. The van der Waals surface area contributed by atoms with Crippen molar-refractivity contribution in [1.29, 1.82) is 0 Å². The smallest absolute Gasteiger partial charge is 0.0705 e. The molecule has 0 aliphatic carbocycles. The van der Waals surface area contributed by atoms with E-state index in [2.05, 4.69) is 52.4 Å². The highest BCUT2D eigenvalue weighted by molar-refractivity contribution is 7.99. The van der Waals surface area contributed by atoms with E-state index < -0.39 is 0 Å². The van der Waals surface area contributed by atoms with E-state index >= 15 is 0 Å². The minimum absolute atomic E-state index is 0.800. The van der Waals surface area contributed by atoms with Gasteiger partial charge in [-0.05, 0) is 30.7 Å². The number of nitrogens with zero attached hydrogens (tertiary/aromatic N) is 1. The van der Waals surface area contributed by atoms with Crippen LogP contribution in [0.15, 0.2) is 36.4 Å². The first kappa shape index (κ1) is 12.9. The fourth-order valence-corrected chi connectivity index (χ4v) is 3.81. The second-order valence-corrected chi connectivity index (χ2v) is 6.52. The predicted molar refractivity (Wildman–Crippen MR) is 83.5 cm³/mol. The van der Waals surface area contributed by atoms with E-state index in [4.69, 9.17) is 0 Å². The lowest BCUT2D eigenvalue weighted by Gasteiger charge is -2.21. The molecule has 0 radical (unpaired) electrons. The fraction of sp³-hybridized carbons (Fsp3) is 0.438. The van der Waals surface area contributed by atoms with Crippen LogP contribution in [0.1, 0.15) is 25.0 Å². The number of pyridine rings is 1. The van der Waals surface area contributed by atoms with Crippen LogP contribution in [0.4, 0.5) is 0 Å². The molecular formula is C16H20N2S. The summed E-state index contributed by atoms with van der Waals surface area (Å²) in [4.78, 5) is 4.69. The van der Waals surface area contributed by atoms with Gasteiger partial charge in [0.05, 0.1) is 11.2 Å². The van der Waals surface area contributed by atoms with Gasteiger partial charge in [0.15, 0.2) is 0 Å². The van der Waals surface area contributed by atoms with Gasteiger partial charge in [0.1, 0.15) is 0 Å². The monoisotopic (exact) mass is 272 g/mol. The molecule has 0 saturated carbocycles. The van der Waals surface area contributed by atoms with Gasteiger partial charge in [0.25, 0.3) is 0 Å². The number of benzene rings is 1. The van der Waals surface area contributed by atoms with Crippen LogP contribution in [0, 0.1) is 0 Å². The van der Waals surface area contributed by atoms with Gasteiger partial charge in [-0.25, -0.2) is 0 Å². The maximum absolute atomic E-state index is 4.69. The molecule has 0 bridgehead atoms. The number of rotatable bonds is 4. The molecule has 1 fully saturated rings. The van der Waals surface area contributed by atoms with Gasteiger partial charge in [-0.2, -0.15) is 11.8 Å². The lowest BCUT2D eigenvalue weighted by molar-refractivity contribution is 0.594. The molecule has 1 aromatic heterocycles. The summed E-state index contributed by atoms with van der Waals surface area (Å²) in [6, 6.07) is 12.6. The van der Waals surface area contributed by atoms with E-state index in [1.54, 1.807) is 0 Å². The molecule has 1 unspecified atom stereocenters. The van der Waals surface area contributed by atoms with E-state index in [9.17, 15) is 0 Å². The number of fused-ring (bicyclic) bond motifs is 1. The summed E-state index contributed by atoms with van der Waals surface area (Å²) in [7, 11) is 0. The van der Waals surface area contributed by atoms with Crippen LogP contribution >= 0.6 is 11.8 Å². The molecule has 3 rings (SSSR count). The Bertz CT molecular complexity index is 535. The predicted octanol–water partition coefficient (Wildman–Crippen LogP) is 3.61. The lowest BCUT2D eigenvalue weighted by Crippen LogP contribution is -2.26. The molecule has 1 aliphatic rings. The molecule has 1 aromatic carbocycles. The summed E-state index contributed by atoms with van der Waals surface area (Å²) >= 11 is 2.12. The molecule has 0 amide bonds. The van der Waals surface area contributed by atoms with Crippen molar-refractivity contribution in [2.45, 2.75) is 31.1 Å². The second-order valence-electron chi connectivity index (χ2n) is 5.11. The van der Waals surface area contributed by atoms with Gasteiger partial charge in [-0.3, -0.25) is 4.98 Å². The zero-order valence-corrected chi connectivity index (χ0v) is 12.0. The molecule has 2 heterocycles. The largest absolute Gasteiger partial charge is 0.310 e. The number of para-hydroxylation sites is 1. The summed E-state index contributed by atoms with van der Waals surface area (Å²) in [6.07, 6.45) is 4.16. The molecular weight excluding hydrogens is 252 g/mol. The molecule has 0 spiro atoms. The van der Waals surface area contributed by atoms with Crippen LogP contribution in [-0.2, 0) is 6.54 Å². The second kappa shape index (κ2) is 6.40. The van der Waals surface area contributed by atoms with Gasteiger partial charge in [0.2, 0.25) is 0 Å². The number of thioether (sulfide) groups is 1. The van der Waals surface area contributed by atoms with Crippen LogP contribution in [0.25, 0.3) is 10.9 Å². The van der Waals surface area contributed by atoms with Gasteiger partial charge < -0.3 is 5.32 Å². The quantitative estimate of drug-likeness (QED) is 0.920. The third-order valence-electron chi connectivity index (χ3n) is 3.61. The van der Waals surface area contributed by atoms with Crippen molar-refractivity contribution in [2.24, 2.45) is 0 Å². The molecule has 1 saturated heterocycles. The van der Waals surface area contributed by atoms with Crippen molar-refractivity contribution in [1.82, 2.24) is 10.3 Å². The summed E-state index contributed by atoms with van der Waals surface area (Å²) in [5.41, 5.74) is 2.23. The minimum atomic E-state index is 0.800. The lowest BCUT2D eigenvalue weighted by atomic mass is 10.2. The van der Waals surface area contributed by atoms with Crippen LogP contribution in [0.2, 0.25) is 0 Å². The molecule has 3 heteroatoms. The molecule has 1 atom stereocenters. The Kier molecular flexibility index (Phi) is 4.36. The molecule has 19 heavy (non-hydrogen) atoms. The Labute approximate surface area is 119 Å². The highest BCUT2D eigenvalue weighted by Gasteiger charge is 2.12. The third-order valence-corrected chi connectivity index (χ3v) is 5.01. The zero-order chi connectivity index (χ0) is 12.9. The van der Waals surface area contributed by atoms with Crippen molar-refractivity contribution < 1.29 is 0 Å². The van der Waals surface area contributed by atoms with E-state index in [0.29, 0.717) is 0 Å². The highest BCUT2D eigenvalue weighted by Crippen LogP contribution is 2.24. The fourth-order valence-electron chi connectivity index (χ4n) is 2.54. The van der Waals surface area contributed by atoms with Crippen LogP contribution < -0.4 is 5.32 Å². The average Bonchev–Trinajstić information content (AvgIpc) is 2.48. The van der Waals surface area contributed by atoms with E-state index in [0.717, 1.165) is 29.6 Å². The molecule has 1 aliphatic heterocycles. The average molecular weight is 272 g/mol. The standard InChI is InChI=1S/C16H20N2S/c1-2-7-16-13(5-1)8-9-14(18-16)11-17-12-15-6-3-4-10-19-15/h1-2,5,7-9,15,17H,3-4,6,10-12H2. The number of aromatic nitrogens is 1. The summed E-state index contributed by atoms with van der Waals surface area (Å²) in [5.74, 6) is 1.33. The first-order valence-electron chi connectivity index (χ1n) is 7.09. The molecule has 1 N–H and O–H groups in total. The number of hydrogen-bond donors (Lipinski definition) is 1. The molecule has 100 valence electrons. The summed E-state index contributed by atoms with van der Waals surface area (Å²) < 4.78 is 0. The topological polar surface area (TPSA) is 24.9 Å². The molecule has 2 aromatic rings. The first-order valence-corrected chi connectivity index (χ1v) is 8.14. The summed E-state index contributed by atoms with van der Waals surface area (Å²) in [6.45, 7) is 1.99. The van der Waals surface area contributed by atoms with Crippen molar-refractivity contribution in [3.05, 3.63) is 42.1 Å². The van der Waals surface area contributed by atoms with Gasteiger partial charge in [-0.15, -0.1) is 0 Å². The van der Waals surface area contributed by atoms with E-state index in [1.165, 1.54) is 30.4 Å². The van der Waals surface area contributed by atoms with Crippen molar-refractivity contribution in [3.63, 3.8) is 0 Å². The van der Waals surface area contributed by atoms with E-state index in [1.807, 2.05) is 6.07 Å². The Morgan fingerprint density at radius 3 is 3.00 bits per heavy atom. The third kappa shape index (κ3) is 3.48. The minimum Gasteiger partial charge on any atom is -0.310 e.